The summed E-state index contributed by atoms with van der Waals surface area (Å²) in [6, 6.07) is 3.45. The molecule has 2 aromatic heterocycles. The SMILES string of the molecule is COC(=O)NCC(C)Oc1cc(N)c(C=N)cc1Nc1ncnc2sc3c(c12)CCCC3. The standard InChI is InChI=1S/C22H26N6O3S/c1-12(10-25-22(29)30-2)31-17-8-15(24)13(9-23)7-16(17)28-20-19-14-5-3-4-6-18(14)32-21(19)27-11-26-20/h7-9,11-12,23H,3-6,10,24H2,1-2H3,(H,25,29)(H,26,27,28). The van der Waals surface area contributed by atoms with E-state index in [2.05, 4.69) is 25.3 Å². The molecule has 2 heterocycles. The predicted octanol–water partition coefficient (Wildman–Crippen LogP) is 4.02. The van der Waals surface area contributed by atoms with Gasteiger partial charge in [0.25, 0.3) is 0 Å². The van der Waals surface area contributed by atoms with Gasteiger partial charge in [-0.25, -0.2) is 14.8 Å². The Kier molecular flexibility index (Phi) is 6.40. The van der Waals surface area contributed by atoms with E-state index in [9.17, 15) is 4.79 Å². The van der Waals surface area contributed by atoms with Crippen molar-refractivity contribution in [1.82, 2.24) is 15.3 Å². The van der Waals surface area contributed by atoms with Crippen LogP contribution < -0.4 is 21.1 Å². The van der Waals surface area contributed by atoms with Gasteiger partial charge in [-0.3, -0.25) is 0 Å². The topological polar surface area (TPSA) is 135 Å². The molecule has 0 bridgehead atoms. The molecule has 1 aliphatic carbocycles. The molecule has 0 spiro atoms. The first kappa shape index (κ1) is 21.8. The van der Waals surface area contributed by atoms with Gasteiger partial charge in [0.15, 0.2) is 0 Å². The van der Waals surface area contributed by atoms with Crippen LogP contribution >= 0.6 is 11.3 Å². The van der Waals surface area contributed by atoms with Gasteiger partial charge in [-0.2, -0.15) is 0 Å². The number of thiophene rings is 1. The van der Waals surface area contributed by atoms with Crippen LogP contribution in [0.25, 0.3) is 10.2 Å². The van der Waals surface area contributed by atoms with Gasteiger partial charge in [-0.15, -0.1) is 11.3 Å². The van der Waals surface area contributed by atoms with Crippen molar-refractivity contribution >= 4 is 51.1 Å². The Morgan fingerprint density at radius 2 is 2.16 bits per heavy atom. The summed E-state index contributed by atoms with van der Waals surface area (Å²) in [5.74, 6) is 1.21. The Labute approximate surface area is 189 Å². The number of hydrogen-bond donors (Lipinski definition) is 4. The van der Waals surface area contributed by atoms with E-state index in [1.54, 1.807) is 29.8 Å². The van der Waals surface area contributed by atoms with Crippen LogP contribution in [0.5, 0.6) is 5.75 Å². The Morgan fingerprint density at radius 3 is 2.94 bits per heavy atom. The molecule has 3 aromatic rings. The van der Waals surface area contributed by atoms with Gasteiger partial charge in [-0.1, -0.05) is 0 Å². The van der Waals surface area contributed by atoms with Gasteiger partial charge in [0.05, 0.1) is 24.7 Å². The number of amides is 1. The third-order valence-corrected chi connectivity index (χ3v) is 6.59. The number of rotatable bonds is 7. The lowest BCUT2D eigenvalue weighted by Gasteiger charge is -2.20. The van der Waals surface area contributed by atoms with E-state index in [0.29, 0.717) is 28.5 Å². The Bertz CT molecular complexity index is 1160. The zero-order valence-corrected chi connectivity index (χ0v) is 18.8. The third-order valence-electron chi connectivity index (χ3n) is 5.39. The maximum atomic E-state index is 11.4. The Morgan fingerprint density at radius 1 is 1.34 bits per heavy atom. The number of aromatic nitrogens is 2. The number of methoxy groups -OCH3 is 1. The normalized spacial score (nSPS) is 13.8. The Balaban J connectivity index is 1.68. The van der Waals surface area contributed by atoms with E-state index < -0.39 is 6.09 Å². The van der Waals surface area contributed by atoms with Crippen LogP contribution in [-0.2, 0) is 17.6 Å². The van der Waals surface area contributed by atoms with Crippen molar-refractivity contribution in [3.05, 3.63) is 34.5 Å². The lowest BCUT2D eigenvalue weighted by molar-refractivity contribution is 0.160. The first-order chi connectivity index (χ1) is 15.5. The predicted molar refractivity (Wildman–Crippen MR) is 127 cm³/mol. The summed E-state index contributed by atoms with van der Waals surface area (Å²) in [6.45, 7) is 2.09. The summed E-state index contributed by atoms with van der Waals surface area (Å²) in [4.78, 5) is 22.7. The summed E-state index contributed by atoms with van der Waals surface area (Å²) < 4.78 is 10.7. The zero-order chi connectivity index (χ0) is 22.7. The van der Waals surface area contributed by atoms with Crippen LogP contribution in [-0.4, -0.2) is 42.0 Å². The molecule has 168 valence electrons. The molecule has 1 aromatic carbocycles. The molecule has 1 amide bonds. The zero-order valence-electron chi connectivity index (χ0n) is 18.0. The number of nitrogen functional groups attached to an aromatic ring is 1. The van der Waals surface area contributed by atoms with Gasteiger partial charge in [-0.05, 0) is 44.2 Å². The maximum absolute atomic E-state index is 11.4. The van der Waals surface area contributed by atoms with Crippen molar-refractivity contribution in [2.24, 2.45) is 0 Å². The number of fused-ring (bicyclic) bond motifs is 3. The third kappa shape index (κ3) is 4.45. The number of ether oxygens (including phenoxy) is 2. The van der Waals surface area contributed by atoms with E-state index in [1.165, 1.54) is 30.2 Å². The number of anilines is 3. The molecule has 4 rings (SSSR count). The van der Waals surface area contributed by atoms with Crippen molar-refractivity contribution < 1.29 is 14.3 Å². The van der Waals surface area contributed by atoms with Crippen molar-refractivity contribution in [2.75, 3.05) is 24.7 Å². The second-order valence-electron chi connectivity index (χ2n) is 7.66. The molecular formula is C22H26N6O3S. The van der Waals surface area contributed by atoms with Crippen molar-refractivity contribution in [3.63, 3.8) is 0 Å². The number of carbonyl (C=O) groups excluding carboxylic acids is 1. The average Bonchev–Trinajstić information content (AvgIpc) is 3.18. The quantitative estimate of drug-likeness (QED) is 0.313. The molecule has 1 aliphatic rings. The number of benzene rings is 1. The van der Waals surface area contributed by atoms with E-state index in [4.69, 9.17) is 15.9 Å². The van der Waals surface area contributed by atoms with Crippen LogP contribution in [0.2, 0.25) is 0 Å². The highest BCUT2D eigenvalue weighted by molar-refractivity contribution is 7.19. The van der Waals surface area contributed by atoms with E-state index in [1.807, 2.05) is 6.92 Å². The summed E-state index contributed by atoms with van der Waals surface area (Å²) in [6.07, 6.45) is 6.35. The number of hydrogen-bond acceptors (Lipinski definition) is 9. The highest BCUT2D eigenvalue weighted by Crippen LogP contribution is 2.40. The minimum atomic E-state index is -0.525. The second kappa shape index (κ2) is 9.39. The number of nitrogens with zero attached hydrogens (tertiary/aromatic N) is 2. The summed E-state index contributed by atoms with van der Waals surface area (Å²) >= 11 is 1.73. The van der Waals surface area contributed by atoms with Crippen LogP contribution in [0.1, 0.15) is 35.8 Å². The molecule has 0 aliphatic heterocycles. The van der Waals surface area contributed by atoms with Gasteiger partial charge in [0, 0.05) is 28.4 Å². The molecule has 10 heteroatoms. The van der Waals surface area contributed by atoms with Crippen LogP contribution in [0.3, 0.4) is 0 Å². The molecular weight excluding hydrogens is 428 g/mol. The number of carbonyl (C=O) groups is 1. The number of aryl methyl sites for hydroxylation is 2. The van der Waals surface area contributed by atoms with Crippen LogP contribution in [0, 0.1) is 5.41 Å². The van der Waals surface area contributed by atoms with Gasteiger partial charge in [0.2, 0.25) is 0 Å². The maximum Gasteiger partial charge on any atom is 0.406 e. The summed E-state index contributed by atoms with van der Waals surface area (Å²) in [7, 11) is 1.31. The minimum Gasteiger partial charge on any atom is -0.487 e. The fourth-order valence-corrected chi connectivity index (χ4v) is 5.03. The molecule has 1 unspecified atom stereocenters. The largest absolute Gasteiger partial charge is 0.487 e. The average molecular weight is 455 g/mol. The number of alkyl carbamates (subject to hydrolysis) is 1. The van der Waals surface area contributed by atoms with Crippen molar-refractivity contribution in [3.8, 4) is 5.75 Å². The molecule has 0 radical (unpaired) electrons. The minimum absolute atomic E-state index is 0.258. The first-order valence-electron chi connectivity index (χ1n) is 10.4. The molecule has 32 heavy (non-hydrogen) atoms. The van der Waals surface area contributed by atoms with Gasteiger partial charge < -0.3 is 31.3 Å². The monoisotopic (exact) mass is 454 g/mol. The highest BCUT2D eigenvalue weighted by Gasteiger charge is 2.21. The second-order valence-corrected chi connectivity index (χ2v) is 8.74. The lowest BCUT2D eigenvalue weighted by Crippen LogP contribution is -2.33. The lowest BCUT2D eigenvalue weighted by atomic mass is 9.97. The van der Waals surface area contributed by atoms with Crippen molar-refractivity contribution in [2.45, 2.75) is 38.7 Å². The highest BCUT2D eigenvalue weighted by atomic mass is 32.1. The van der Waals surface area contributed by atoms with Gasteiger partial charge in [0.1, 0.15) is 28.8 Å². The van der Waals surface area contributed by atoms with E-state index in [0.717, 1.165) is 29.5 Å². The summed E-state index contributed by atoms with van der Waals surface area (Å²) in [5, 5.41) is 14.7. The van der Waals surface area contributed by atoms with Crippen molar-refractivity contribution in [1.29, 1.82) is 5.41 Å². The smallest absolute Gasteiger partial charge is 0.406 e. The Hall–Kier alpha value is -3.40. The fraction of sp³-hybridized carbons (Fsp3) is 0.364. The van der Waals surface area contributed by atoms with Crippen LogP contribution in [0.15, 0.2) is 18.5 Å². The molecule has 0 fully saturated rings. The van der Waals surface area contributed by atoms with E-state index in [-0.39, 0.29) is 12.6 Å². The first-order valence-corrected chi connectivity index (χ1v) is 11.3. The summed E-state index contributed by atoms with van der Waals surface area (Å²) in [5.41, 5.74) is 9.06. The number of nitrogens with two attached hydrogens (primary N) is 1. The van der Waals surface area contributed by atoms with Crippen LogP contribution in [0.4, 0.5) is 22.0 Å². The number of nitrogens with one attached hydrogen (secondary N) is 3. The van der Waals surface area contributed by atoms with Gasteiger partial charge >= 0.3 is 6.09 Å². The molecule has 5 N–H and O–H groups in total. The molecule has 9 nitrogen and oxygen atoms in total. The molecule has 0 saturated carbocycles. The fourth-order valence-electron chi connectivity index (χ4n) is 3.80. The molecule has 1 atom stereocenters. The molecule has 0 saturated heterocycles. The van der Waals surface area contributed by atoms with E-state index >= 15 is 0 Å².